The van der Waals surface area contributed by atoms with Crippen molar-refractivity contribution in [3.05, 3.63) is 52.8 Å². The van der Waals surface area contributed by atoms with Gasteiger partial charge in [0.25, 0.3) is 5.91 Å². The summed E-state index contributed by atoms with van der Waals surface area (Å²) in [7, 11) is 1.41. The summed E-state index contributed by atoms with van der Waals surface area (Å²) in [5.74, 6) is -0.523. The van der Waals surface area contributed by atoms with Gasteiger partial charge < -0.3 is 19.5 Å². The molecule has 2 aromatic rings. The highest BCUT2D eigenvalue weighted by Crippen LogP contribution is 2.42. The third kappa shape index (κ3) is 7.29. The van der Waals surface area contributed by atoms with Crippen LogP contribution in [0.5, 0.6) is 11.5 Å². The van der Waals surface area contributed by atoms with Crippen molar-refractivity contribution in [3.8, 4) is 11.5 Å². The fourth-order valence-electron chi connectivity index (χ4n) is 6.25. The number of hydrogen-bond acceptors (Lipinski definition) is 7. The second kappa shape index (κ2) is 13.3. The summed E-state index contributed by atoms with van der Waals surface area (Å²) in [6.45, 7) is 3.22. The number of aromatic nitrogens is 1. The summed E-state index contributed by atoms with van der Waals surface area (Å²) in [6.07, 6.45) is 8.76. The molecular formula is C30H37ClN2O6. The normalized spacial score (nSPS) is 24.2. The SMILES string of the molecule is COc1ccnc(C(=O)N[C@H]2CCC[C@H](Cc3ccc(Cl)cc3)[C@@H](C3CCCC3)[C@H](C)OC2=O)c1OC(C)=O. The van der Waals surface area contributed by atoms with Crippen LogP contribution >= 0.6 is 11.6 Å². The molecule has 2 fully saturated rings. The monoisotopic (exact) mass is 556 g/mol. The van der Waals surface area contributed by atoms with Crippen LogP contribution in [0.15, 0.2) is 36.5 Å². The van der Waals surface area contributed by atoms with E-state index in [0.29, 0.717) is 23.3 Å². The van der Waals surface area contributed by atoms with Gasteiger partial charge >= 0.3 is 11.9 Å². The van der Waals surface area contributed by atoms with Crippen LogP contribution < -0.4 is 14.8 Å². The van der Waals surface area contributed by atoms with Crippen LogP contribution in [0, 0.1) is 17.8 Å². The van der Waals surface area contributed by atoms with Crippen LogP contribution in [0.2, 0.25) is 5.02 Å². The molecule has 2 heterocycles. The Morgan fingerprint density at radius 1 is 1.08 bits per heavy atom. The summed E-state index contributed by atoms with van der Waals surface area (Å²) in [6, 6.07) is 8.63. The molecule has 0 radical (unpaired) electrons. The van der Waals surface area contributed by atoms with E-state index in [2.05, 4.69) is 22.4 Å². The van der Waals surface area contributed by atoms with E-state index in [9.17, 15) is 14.4 Å². The molecule has 1 saturated heterocycles. The van der Waals surface area contributed by atoms with Crippen LogP contribution in [-0.4, -0.2) is 42.1 Å². The Labute approximate surface area is 234 Å². The van der Waals surface area contributed by atoms with Gasteiger partial charge in [0.15, 0.2) is 11.4 Å². The van der Waals surface area contributed by atoms with Crippen LogP contribution in [0.1, 0.15) is 74.8 Å². The molecule has 1 saturated carbocycles. The van der Waals surface area contributed by atoms with Gasteiger partial charge in [-0.25, -0.2) is 9.78 Å². The average Bonchev–Trinajstić information content (AvgIpc) is 3.44. The third-order valence-corrected chi connectivity index (χ3v) is 8.20. The maximum atomic E-state index is 13.4. The molecule has 8 nitrogen and oxygen atoms in total. The van der Waals surface area contributed by atoms with Crippen molar-refractivity contribution < 1.29 is 28.6 Å². The first kappa shape index (κ1) is 28.9. The molecule has 1 aromatic heterocycles. The Morgan fingerprint density at radius 2 is 1.79 bits per heavy atom. The van der Waals surface area contributed by atoms with E-state index in [1.165, 1.54) is 44.7 Å². The molecule has 1 aliphatic carbocycles. The number of methoxy groups -OCH3 is 1. The molecule has 0 spiro atoms. The van der Waals surface area contributed by atoms with E-state index in [0.717, 1.165) is 32.1 Å². The average molecular weight is 557 g/mol. The summed E-state index contributed by atoms with van der Waals surface area (Å²) < 4.78 is 16.5. The minimum atomic E-state index is -0.850. The minimum Gasteiger partial charge on any atom is -0.493 e. The van der Waals surface area contributed by atoms with Crippen LogP contribution in [0.25, 0.3) is 0 Å². The molecule has 9 heteroatoms. The lowest BCUT2D eigenvalue weighted by Crippen LogP contribution is -2.44. The summed E-state index contributed by atoms with van der Waals surface area (Å²) in [5, 5.41) is 3.50. The molecule has 0 unspecified atom stereocenters. The van der Waals surface area contributed by atoms with E-state index >= 15 is 0 Å². The maximum absolute atomic E-state index is 13.4. The van der Waals surface area contributed by atoms with Crippen LogP contribution in [0.3, 0.4) is 0 Å². The smallest absolute Gasteiger partial charge is 0.328 e. The fourth-order valence-corrected chi connectivity index (χ4v) is 6.37. The second-order valence-electron chi connectivity index (χ2n) is 10.6. The van der Waals surface area contributed by atoms with Crippen molar-refractivity contribution in [1.82, 2.24) is 10.3 Å². The zero-order chi connectivity index (χ0) is 27.9. The summed E-state index contributed by atoms with van der Waals surface area (Å²) in [5.41, 5.74) is 1.09. The molecule has 2 aliphatic rings. The highest BCUT2D eigenvalue weighted by molar-refractivity contribution is 6.30. The quantitative estimate of drug-likeness (QED) is 0.446. The lowest BCUT2D eigenvalue weighted by Gasteiger charge is -2.35. The number of esters is 2. The Hall–Kier alpha value is -3.13. The summed E-state index contributed by atoms with van der Waals surface area (Å²) in [4.78, 5) is 42.4. The molecule has 39 heavy (non-hydrogen) atoms. The number of pyridine rings is 1. The second-order valence-corrected chi connectivity index (χ2v) is 11.0. The predicted octanol–water partition coefficient (Wildman–Crippen LogP) is 5.55. The van der Waals surface area contributed by atoms with Gasteiger partial charge in [0.1, 0.15) is 12.1 Å². The van der Waals surface area contributed by atoms with Crippen molar-refractivity contribution in [2.24, 2.45) is 17.8 Å². The van der Waals surface area contributed by atoms with E-state index in [-0.39, 0.29) is 29.2 Å². The zero-order valence-electron chi connectivity index (χ0n) is 22.8. The number of benzene rings is 1. The third-order valence-electron chi connectivity index (χ3n) is 7.95. The predicted molar refractivity (Wildman–Crippen MR) is 147 cm³/mol. The van der Waals surface area contributed by atoms with E-state index in [1.54, 1.807) is 0 Å². The molecule has 0 bridgehead atoms. The Bertz CT molecular complexity index is 1160. The highest BCUT2D eigenvalue weighted by atomic mass is 35.5. The lowest BCUT2D eigenvalue weighted by molar-refractivity contribution is -0.155. The first-order valence-corrected chi connectivity index (χ1v) is 14.1. The van der Waals surface area contributed by atoms with E-state index < -0.39 is 23.9 Å². The Morgan fingerprint density at radius 3 is 2.46 bits per heavy atom. The number of nitrogens with zero attached hydrogens (tertiary/aromatic N) is 1. The number of amides is 1. The Balaban J connectivity index is 1.55. The van der Waals surface area contributed by atoms with E-state index in [1.807, 2.05) is 19.1 Å². The first-order valence-electron chi connectivity index (χ1n) is 13.7. The van der Waals surface area contributed by atoms with Crippen molar-refractivity contribution in [2.45, 2.75) is 77.4 Å². The molecule has 210 valence electrons. The van der Waals surface area contributed by atoms with Gasteiger partial charge in [-0.15, -0.1) is 0 Å². The molecule has 4 atom stereocenters. The standard InChI is InChI=1S/C30H37ClN2O6/c1-18-26(21-7-4-5-8-21)22(17-20-11-13-23(31)14-12-20)9-6-10-24(30(36)38-18)33-29(35)27-28(39-19(2)34)25(37-3)15-16-32-27/h11-16,18,21-22,24,26H,4-10,17H2,1-3H3,(H,33,35)/t18-,22+,24-,26+/m0/s1. The van der Waals surface area contributed by atoms with Gasteiger partial charge in [-0.3, -0.25) is 9.59 Å². The van der Waals surface area contributed by atoms with Crippen molar-refractivity contribution in [3.63, 3.8) is 0 Å². The van der Waals surface area contributed by atoms with Crippen molar-refractivity contribution >= 4 is 29.4 Å². The Kier molecular flexibility index (Phi) is 9.83. The molecule has 1 aromatic carbocycles. The number of cyclic esters (lactones) is 1. The number of halogens is 1. The highest BCUT2D eigenvalue weighted by Gasteiger charge is 2.39. The largest absolute Gasteiger partial charge is 0.493 e. The topological polar surface area (TPSA) is 104 Å². The van der Waals surface area contributed by atoms with Crippen molar-refractivity contribution in [2.75, 3.05) is 7.11 Å². The lowest BCUT2D eigenvalue weighted by atomic mass is 9.73. The van der Waals surface area contributed by atoms with E-state index in [4.69, 9.17) is 25.8 Å². The van der Waals surface area contributed by atoms with Gasteiger partial charge in [-0.1, -0.05) is 55.8 Å². The number of hydrogen-bond donors (Lipinski definition) is 1. The molecule has 1 aliphatic heterocycles. The molecule has 4 rings (SSSR count). The number of carbonyl (C=O) groups is 3. The van der Waals surface area contributed by atoms with Crippen LogP contribution in [0.4, 0.5) is 0 Å². The minimum absolute atomic E-state index is 0.0841. The number of rotatable bonds is 7. The van der Waals surface area contributed by atoms with Gasteiger partial charge in [-0.05, 0) is 55.7 Å². The van der Waals surface area contributed by atoms with Gasteiger partial charge in [-0.2, -0.15) is 0 Å². The zero-order valence-corrected chi connectivity index (χ0v) is 23.5. The van der Waals surface area contributed by atoms with Crippen molar-refractivity contribution in [1.29, 1.82) is 0 Å². The maximum Gasteiger partial charge on any atom is 0.328 e. The molecule has 1 amide bonds. The first-order chi connectivity index (χ1) is 18.8. The van der Waals surface area contributed by atoms with Crippen LogP contribution in [-0.2, 0) is 20.7 Å². The molecule has 1 N–H and O–H groups in total. The van der Waals surface area contributed by atoms with Gasteiger partial charge in [0, 0.05) is 30.1 Å². The molecular weight excluding hydrogens is 520 g/mol. The fraction of sp³-hybridized carbons (Fsp3) is 0.533. The summed E-state index contributed by atoms with van der Waals surface area (Å²) >= 11 is 6.12. The van der Waals surface area contributed by atoms with Gasteiger partial charge in [0.05, 0.1) is 7.11 Å². The number of ether oxygens (including phenoxy) is 3. The number of carbonyl (C=O) groups excluding carboxylic acids is 3. The number of nitrogens with one attached hydrogen (secondary N) is 1. The van der Waals surface area contributed by atoms with Gasteiger partial charge in [0.2, 0.25) is 5.75 Å².